The highest BCUT2D eigenvalue weighted by molar-refractivity contribution is 7.92. The summed E-state index contributed by atoms with van der Waals surface area (Å²) in [6.07, 6.45) is 1.85. The number of nitrogens with one attached hydrogen (secondary N) is 2. The summed E-state index contributed by atoms with van der Waals surface area (Å²) in [5.74, 6) is 0.695. The summed E-state index contributed by atoms with van der Waals surface area (Å²) >= 11 is 0. The number of benzene rings is 3. The minimum absolute atomic E-state index is 0.248. The van der Waals surface area contributed by atoms with Crippen LogP contribution >= 0.6 is 0 Å². The van der Waals surface area contributed by atoms with Crippen LogP contribution in [0.25, 0.3) is 21.8 Å². The predicted octanol–water partition coefficient (Wildman–Crippen LogP) is 4.16. The number of pyridine rings is 1. The SMILES string of the molecule is COc1cc(NS(C)(=O)=O)ccc1Nc1c2ccccc2nc2c(OCCCC(N)=O)cccc12. The number of carbonyl (C=O) groups is 1. The number of ether oxygens (including phenoxy) is 2. The number of carbonyl (C=O) groups excluding carboxylic acids is 1. The Morgan fingerprint density at radius 1 is 1.03 bits per heavy atom. The van der Waals surface area contributed by atoms with Gasteiger partial charge in [0.2, 0.25) is 15.9 Å². The highest BCUT2D eigenvalue weighted by Gasteiger charge is 2.15. The Morgan fingerprint density at radius 3 is 2.54 bits per heavy atom. The summed E-state index contributed by atoms with van der Waals surface area (Å²) in [5, 5.41) is 5.17. The Hall–Kier alpha value is -4.05. The Kier molecular flexibility index (Phi) is 6.92. The van der Waals surface area contributed by atoms with Crippen LogP contribution in [0.2, 0.25) is 0 Å². The highest BCUT2D eigenvalue weighted by atomic mass is 32.2. The minimum atomic E-state index is -3.42. The molecule has 0 fully saturated rings. The number of amides is 1. The Balaban J connectivity index is 1.78. The van der Waals surface area contributed by atoms with E-state index < -0.39 is 10.0 Å². The lowest BCUT2D eigenvalue weighted by Gasteiger charge is -2.17. The van der Waals surface area contributed by atoms with Gasteiger partial charge in [0.1, 0.15) is 17.0 Å². The molecule has 4 aromatic rings. The highest BCUT2D eigenvalue weighted by Crippen LogP contribution is 2.39. The van der Waals surface area contributed by atoms with Crippen LogP contribution in [-0.4, -0.2) is 39.3 Å². The number of hydrogen-bond donors (Lipinski definition) is 3. The standard InChI is InChI=1S/C25H26N4O5S/c1-33-22-15-16(29-35(2,31)32)12-13-20(22)28-24-17-7-3-4-9-19(17)27-25-18(24)8-5-10-21(25)34-14-6-11-23(26)30/h3-5,7-10,12-13,15,29H,6,11,14H2,1-2H3,(H2,26,30)(H,27,28). The molecule has 35 heavy (non-hydrogen) atoms. The summed E-state index contributed by atoms with van der Waals surface area (Å²) in [6, 6.07) is 18.4. The number of methoxy groups -OCH3 is 1. The van der Waals surface area contributed by atoms with Gasteiger partial charge in [-0.3, -0.25) is 9.52 Å². The number of nitrogens with two attached hydrogens (primary N) is 1. The molecule has 1 aromatic heterocycles. The molecular weight excluding hydrogens is 468 g/mol. The summed E-state index contributed by atoms with van der Waals surface area (Å²) in [5.41, 5.74) is 8.50. The number of fused-ring (bicyclic) bond motifs is 2. The molecule has 4 rings (SSSR count). The normalized spacial score (nSPS) is 11.4. The second kappa shape index (κ2) is 10.1. The Labute approximate surface area is 203 Å². The number of anilines is 3. The van der Waals surface area contributed by atoms with E-state index in [1.54, 1.807) is 18.2 Å². The maximum atomic E-state index is 11.6. The van der Waals surface area contributed by atoms with Crippen LogP contribution < -0.4 is 25.2 Å². The van der Waals surface area contributed by atoms with E-state index in [0.29, 0.717) is 41.4 Å². The third-order valence-electron chi connectivity index (χ3n) is 5.26. The fourth-order valence-corrected chi connectivity index (χ4v) is 4.33. The maximum Gasteiger partial charge on any atom is 0.229 e. The van der Waals surface area contributed by atoms with Crippen molar-refractivity contribution in [3.8, 4) is 11.5 Å². The average Bonchev–Trinajstić information content (AvgIpc) is 2.81. The van der Waals surface area contributed by atoms with Gasteiger partial charge in [0, 0.05) is 23.3 Å². The lowest BCUT2D eigenvalue weighted by Crippen LogP contribution is -2.12. The first-order valence-electron chi connectivity index (χ1n) is 10.9. The van der Waals surface area contributed by atoms with E-state index in [9.17, 15) is 13.2 Å². The molecule has 0 spiro atoms. The smallest absolute Gasteiger partial charge is 0.229 e. The minimum Gasteiger partial charge on any atom is -0.494 e. The molecule has 10 heteroatoms. The van der Waals surface area contributed by atoms with E-state index in [-0.39, 0.29) is 12.3 Å². The zero-order valence-corrected chi connectivity index (χ0v) is 20.2. The van der Waals surface area contributed by atoms with Crippen molar-refractivity contribution in [2.24, 2.45) is 5.73 Å². The van der Waals surface area contributed by atoms with Gasteiger partial charge in [0.05, 0.1) is 42.6 Å². The molecule has 0 saturated carbocycles. The van der Waals surface area contributed by atoms with Gasteiger partial charge in [-0.25, -0.2) is 13.4 Å². The van der Waals surface area contributed by atoms with Crippen LogP contribution in [-0.2, 0) is 14.8 Å². The molecule has 0 unspecified atom stereocenters. The molecule has 1 heterocycles. The topological polar surface area (TPSA) is 133 Å². The Morgan fingerprint density at radius 2 is 1.80 bits per heavy atom. The van der Waals surface area contributed by atoms with Crippen molar-refractivity contribution in [1.82, 2.24) is 4.98 Å². The van der Waals surface area contributed by atoms with Crippen LogP contribution in [0.5, 0.6) is 11.5 Å². The van der Waals surface area contributed by atoms with E-state index in [4.69, 9.17) is 20.2 Å². The van der Waals surface area contributed by atoms with E-state index in [0.717, 1.165) is 28.2 Å². The summed E-state index contributed by atoms with van der Waals surface area (Å²) in [6.45, 7) is 0.335. The molecule has 0 aliphatic rings. The number of hydrogen-bond acceptors (Lipinski definition) is 7. The lowest BCUT2D eigenvalue weighted by atomic mass is 10.1. The second-order valence-electron chi connectivity index (χ2n) is 7.99. The molecule has 0 bridgehead atoms. The molecule has 182 valence electrons. The lowest BCUT2D eigenvalue weighted by molar-refractivity contribution is -0.118. The van der Waals surface area contributed by atoms with Gasteiger partial charge in [-0.05, 0) is 30.7 Å². The van der Waals surface area contributed by atoms with Crippen molar-refractivity contribution in [2.75, 3.05) is 30.0 Å². The van der Waals surface area contributed by atoms with E-state index in [1.807, 2.05) is 42.5 Å². The predicted molar refractivity (Wildman–Crippen MR) is 138 cm³/mol. The van der Waals surface area contributed by atoms with Gasteiger partial charge in [-0.15, -0.1) is 0 Å². The number of aromatic nitrogens is 1. The van der Waals surface area contributed by atoms with Gasteiger partial charge < -0.3 is 20.5 Å². The van der Waals surface area contributed by atoms with Crippen LogP contribution in [0.1, 0.15) is 12.8 Å². The van der Waals surface area contributed by atoms with Crippen LogP contribution in [0.4, 0.5) is 17.1 Å². The molecule has 3 aromatic carbocycles. The van der Waals surface area contributed by atoms with Gasteiger partial charge in [0.15, 0.2) is 0 Å². The molecule has 9 nitrogen and oxygen atoms in total. The van der Waals surface area contributed by atoms with E-state index >= 15 is 0 Å². The first-order valence-corrected chi connectivity index (χ1v) is 12.8. The van der Waals surface area contributed by atoms with Crippen molar-refractivity contribution in [3.05, 3.63) is 60.7 Å². The second-order valence-corrected chi connectivity index (χ2v) is 9.74. The molecule has 0 saturated heterocycles. The summed E-state index contributed by atoms with van der Waals surface area (Å²) < 4.78 is 37.2. The number of para-hydroxylation sites is 2. The van der Waals surface area contributed by atoms with Crippen LogP contribution in [0, 0.1) is 0 Å². The third-order valence-corrected chi connectivity index (χ3v) is 5.87. The third kappa shape index (κ3) is 5.72. The quantitative estimate of drug-likeness (QED) is 0.223. The van der Waals surface area contributed by atoms with Crippen molar-refractivity contribution in [3.63, 3.8) is 0 Å². The van der Waals surface area contributed by atoms with Gasteiger partial charge in [0.25, 0.3) is 0 Å². The zero-order chi connectivity index (χ0) is 25.0. The number of sulfonamides is 1. The van der Waals surface area contributed by atoms with Crippen molar-refractivity contribution < 1.29 is 22.7 Å². The monoisotopic (exact) mass is 494 g/mol. The number of rotatable bonds is 10. The number of nitrogens with zero attached hydrogens (tertiary/aromatic N) is 1. The van der Waals surface area contributed by atoms with Gasteiger partial charge >= 0.3 is 0 Å². The van der Waals surface area contributed by atoms with Crippen molar-refractivity contribution in [1.29, 1.82) is 0 Å². The van der Waals surface area contributed by atoms with Crippen molar-refractivity contribution >= 4 is 54.8 Å². The zero-order valence-electron chi connectivity index (χ0n) is 19.4. The molecule has 1 amide bonds. The maximum absolute atomic E-state index is 11.6. The molecule has 0 aliphatic carbocycles. The first-order chi connectivity index (χ1) is 16.7. The average molecular weight is 495 g/mol. The number of primary amides is 1. The molecule has 0 atom stereocenters. The molecule has 4 N–H and O–H groups in total. The molecule has 0 aliphatic heterocycles. The molecular formula is C25H26N4O5S. The van der Waals surface area contributed by atoms with Gasteiger partial charge in [-0.2, -0.15) is 0 Å². The largest absolute Gasteiger partial charge is 0.494 e. The summed E-state index contributed by atoms with van der Waals surface area (Å²) in [7, 11) is -1.91. The van der Waals surface area contributed by atoms with E-state index in [2.05, 4.69) is 10.0 Å². The fourth-order valence-electron chi connectivity index (χ4n) is 3.77. The Bertz CT molecular complexity index is 1510. The molecule has 0 radical (unpaired) electrons. The van der Waals surface area contributed by atoms with Gasteiger partial charge in [-0.1, -0.05) is 30.3 Å². The van der Waals surface area contributed by atoms with Crippen molar-refractivity contribution in [2.45, 2.75) is 12.8 Å². The van der Waals surface area contributed by atoms with Crippen LogP contribution in [0.15, 0.2) is 60.7 Å². The van der Waals surface area contributed by atoms with E-state index in [1.165, 1.54) is 7.11 Å². The fraction of sp³-hybridized carbons (Fsp3) is 0.200. The van der Waals surface area contributed by atoms with Crippen LogP contribution in [0.3, 0.4) is 0 Å². The first kappa shape index (κ1) is 24.1. The summed E-state index contributed by atoms with van der Waals surface area (Å²) in [4.78, 5) is 15.9.